The molecule has 2 amide bonds. The minimum atomic E-state index is -0.325. The summed E-state index contributed by atoms with van der Waals surface area (Å²) in [6, 6.07) is 11.1. The topological polar surface area (TPSA) is 62.6 Å². The Morgan fingerprint density at radius 2 is 1.93 bits per heavy atom. The summed E-state index contributed by atoms with van der Waals surface area (Å²) < 4.78 is 15.3. The maximum Gasteiger partial charge on any atom is 0.250 e. The first-order valence-corrected chi connectivity index (χ1v) is 9.90. The first-order valence-electron chi connectivity index (χ1n) is 9.90. The minimum absolute atomic E-state index is 0.00233. The van der Waals surface area contributed by atoms with Crippen LogP contribution in [0.2, 0.25) is 0 Å². The SMILES string of the molecule is CC(=O)N1C[C@H]2CN(C(=O)CCn3ccccc3=O)C[C@H]2[C@@H]1c1cccc(F)c1. The average molecular weight is 397 g/mol. The lowest BCUT2D eigenvalue weighted by atomic mass is 9.89. The molecule has 1 aromatic heterocycles. The lowest BCUT2D eigenvalue weighted by molar-refractivity contribution is -0.132. The summed E-state index contributed by atoms with van der Waals surface area (Å²) >= 11 is 0. The summed E-state index contributed by atoms with van der Waals surface area (Å²) in [7, 11) is 0. The number of hydrogen-bond acceptors (Lipinski definition) is 3. The van der Waals surface area contributed by atoms with E-state index >= 15 is 0 Å². The zero-order valence-electron chi connectivity index (χ0n) is 16.3. The molecule has 6 nitrogen and oxygen atoms in total. The molecule has 0 unspecified atom stereocenters. The fourth-order valence-electron chi connectivity index (χ4n) is 4.71. The van der Waals surface area contributed by atoms with Gasteiger partial charge in [-0.25, -0.2) is 4.39 Å². The molecule has 0 saturated carbocycles. The molecule has 1 aromatic carbocycles. The maximum absolute atomic E-state index is 13.8. The minimum Gasteiger partial charge on any atom is -0.342 e. The molecule has 3 atom stereocenters. The third-order valence-electron chi connectivity index (χ3n) is 6.08. The quantitative estimate of drug-likeness (QED) is 0.793. The highest BCUT2D eigenvalue weighted by Gasteiger charge is 2.49. The van der Waals surface area contributed by atoms with E-state index < -0.39 is 0 Å². The number of rotatable bonds is 4. The first kappa shape index (κ1) is 19.4. The van der Waals surface area contributed by atoms with Crippen molar-refractivity contribution in [3.8, 4) is 0 Å². The van der Waals surface area contributed by atoms with Crippen molar-refractivity contribution in [2.45, 2.75) is 25.9 Å². The molecule has 0 bridgehead atoms. The highest BCUT2D eigenvalue weighted by Crippen LogP contribution is 2.45. The maximum atomic E-state index is 13.8. The van der Waals surface area contributed by atoms with Gasteiger partial charge in [-0.15, -0.1) is 0 Å². The number of hydrogen-bond donors (Lipinski definition) is 0. The molecule has 2 aliphatic rings. The van der Waals surface area contributed by atoms with E-state index in [1.54, 1.807) is 29.3 Å². The van der Waals surface area contributed by atoms with Crippen LogP contribution in [0.3, 0.4) is 0 Å². The third-order valence-corrected chi connectivity index (χ3v) is 6.08. The molecule has 0 spiro atoms. The number of aromatic nitrogens is 1. The van der Waals surface area contributed by atoms with E-state index in [1.807, 2.05) is 11.0 Å². The van der Waals surface area contributed by atoms with Crippen molar-refractivity contribution in [3.05, 3.63) is 70.4 Å². The molecular weight excluding hydrogens is 373 g/mol. The predicted octanol–water partition coefficient (Wildman–Crippen LogP) is 2.06. The number of nitrogens with zero attached hydrogens (tertiary/aromatic N) is 3. The van der Waals surface area contributed by atoms with Gasteiger partial charge in [-0.05, 0) is 23.8 Å². The van der Waals surface area contributed by atoms with Crippen molar-refractivity contribution in [1.82, 2.24) is 14.4 Å². The van der Waals surface area contributed by atoms with Crippen LogP contribution in [0.4, 0.5) is 4.39 Å². The van der Waals surface area contributed by atoms with Crippen LogP contribution < -0.4 is 5.56 Å². The van der Waals surface area contributed by atoms with Gasteiger partial charge in [0.05, 0.1) is 6.04 Å². The van der Waals surface area contributed by atoms with Crippen molar-refractivity contribution < 1.29 is 14.0 Å². The van der Waals surface area contributed by atoms with E-state index in [2.05, 4.69) is 0 Å². The lowest BCUT2D eigenvalue weighted by Gasteiger charge is -2.29. The smallest absolute Gasteiger partial charge is 0.250 e. The van der Waals surface area contributed by atoms with E-state index in [1.165, 1.54) is 29.7 Å². The van der Waals surface area contributed by atoms with E-state index in [0.717, 1.165) is 5.56 Å². The molecule has 4 rings (SSSR count). The molecular formula is C22H24FN3O3. The second kappa shape index (κ2) is 7.81. The van der Waals surface area contributed by atoms with Gasteiger partial charge in [0.1, 0.15) is 5.82 Å². The van der Waals surface area contributed by atoms with E-state index in [-0.39, 0.29) is 47.5 Å². The number of pyridine rings is 1. The molecule has 0 N–H and O–H groups in total. The summed E-state index contributed by atoms with van der Waals surface area (Å²) in [5.74, 6) is -0.0918. The van der Waals surface area contributed by atoms with Crippen LogP contribution >= 0.6 is 0 Å². The Kier molecular flexibility index (Phi) is 5.22. The highest BCUT2D eigenvalue weighted by molar-refractivity contribution is 5.77. The van der Waals surface area contributed by atoms with Gasteiger partial charge < -0.3 is 14.4 Å². The Labute approximate surface area is 168 Å². The van der Waals surface area contributed by atoms with E-state index in [0.29, 0.717) is 26.2 Å². The van der Waals surface area contributed by atoms with Crippen LogP contribution in [-0.4, -0.2) is 45.8 Å². The van der Waals surface area contributed by atoms with E-state index in [4.69, 9.17) is 0 Å². The number of halogens is 1. The summed E-state index contributed by atoms with van der Waals surface area (Å²) in [6.45, 7) is 3.58. The Hall–Kier alpha value is -2.96. The fraction of sp³-hybridized carbons (Fsp3) is 0.409. The Morgan fingerprint density at radius 3 is 2.66 bits per heavy atom. The van der Waals surface area contributed by atoms with Crippen LogP contribution in [0.25, 0.3) is 0 Å². The molecule has 152 valence electrons. The van der Waals surface area contributed by atoms with Gasteiger partial charge in [-0.1, -0.05) is 18.2 Å². The number of carbonyl (C=O) groups excluding carboxylic acids is 2. The second-order valence-electron chi connectivity index (χ2n) is 7.88. The van der Waals surface area contributed by atoms with E-state index in [9.17, 15) is 18.8 Å². The molecule has 0 aliphatic carbocycles. The van der Waals surface area contributed by atoms with Crippen molar-refractivity contribution in [3.63, 3.8) is 0 Å². The van der Waals surface area contributed by atoms with Crippen molar-refractivity contribution in [1.29, 1.82) is 0 Å². The number of likely N-dealkylation sites (tertiary alicyclic amines) is 2. The molecule has 2 aromatic rings. The molecule has 2 fully saturated rings. The molecule has 3 heterocycles. The van der Waals surface area contributed by atoms with Crippen molar-refractivity contribution >= 4 is 11.8 Å². The normalized spacial score (nSPS) is 23.3. The van der Waals surface area contributed by atoms with Gasteiger partial charge in [0.2, 0.25) is 11.8 Å². The van der Waals surface area contributed by atoms with Crippen LogP contribution in [0.15, 0.2) is 53.5 Å². The summed E-state index contributed by atoms with van der Waals surface area (Å²) in [5, 5.41) is 0. The molecule has 29 heavy (non-hydrogen) atoms. The van der Waals surface area contributed by atoms with Gasteiger partial charge in [0.25, 0.3) is 5.56 Å². The summed E-state index contributed by atoms with van der Waals surface area (Å²) in [5.41, 5.74) is 0.652. The van der Waals surface area contributed by atoms with Crippen LogP contribution in [0.1, 0.15) is 24.9 Å². The van der Waals surface area contributed by atoms with Gasteiger partial charge >= 0.3 is 0 Å². The standard InChI is InChI=1S/C22H24FN3O3/c1-15(27)26-13-17-12-25(21(29)8-10-24-9-3-2-7-20(24)28)14-19(17)22(26)16-5-4-6-18(23)11-16/h2-7,9,11,17,19,22H,8,10,12-14H2,1H3/t17-,19-,22+/m1/s1. The fourth-order valence-corrected chi connectivity index (χ4v) is 4.71. The highest BCUT2D eigenvalue weighted by atomic mass is 19.1. The monoisotopic (exact) mass is 397 g/mol. The Balaban J connectivity index is 1.47. The van der Waals surface area contributed by atoms with Crippen molar-refractivity contribution in [2.75, 3.05) is 19.6 Å². The largest absolute Gasteiger partial charge is 0.342 e. The van der Waals surface area contributed by atoms with Crippen LogP contribution in [0.5, 0.6) is 0 Å². The van der Waals surface area contributed by atoms with Gasteiger partial charge in [0, 0.05) is 63.6 Å². The predicted molar refractivity (Wildman–Crippen MR) is 105 cm³/mol. The average Bonchev–Trinajstić information content (AvgIpc) is 3.25. The van der Waals surface area contributed by atoms with Crippen LogP contribution in [0, 0.1) is 17.7 Å². The lowest BCUT2D eigenvalue weighted by Crippen LogP contribution is -2.37. The third kappa shape index (κ3) is 3.81. The second-order valence-corrected chi connectivity index (χ2v) is 7.88. The first-order chi connectivity index (χ1) is 13.9. The Morgan fingerprint density at radius 1 is 1.10 bits per heavy atom. The zero-order valence-corrected chi connectivity index (χ0v) is 16.3. The zero-order chi connectivity index (χ0) is 20.5. The van der Waals surface area contributed by atoms with Gasteiger partial charge in [0.15, 0.2) is 0 Å². The van der Waals surface area contributed by atoms with Gasteiger partial charge in [-0.2, -0.15) is 0 Å². The molecule has 7 heteroatoms. The number of aryl methyl sites for hydroxylation is 1. The molecule has 0 radical (unpaired) electrons. The number of benzene rings is 1. The Bertz CT molecular complexity index is 989. The van der Waals surface area contributed by atoms with Crippen molar-refractivity contribution in [2.24, 2.45) is 11.8 Å². The summed E-state index contributed by atoms with van der Waals surface area (Å²) in [4.78, 5) is 40.4. The number of fused-ring (bicyclic) bond motifs is 1. The van der Waals surface area contributed by atoms with Crippen LogP contribution in [-0.2, 0) is 16.1 Å². The molecule has 2 saturated heterocycles. The number of amides is 2. The van der Waals surface area contributed by atoms with Gasteiger partial charge in [-0.3, -0.25) is 14.4 Å². The number of carbonyl (C=O) groups is 2. The summed E-state index contributed by atoms with van der Waals surface area (Å²) in [6.07, 6.45) is 1.93. The molecule has 2 aliphatic heterocycles.